The number of nitrogens with zero attached hydrogens (tertiary/aromatic N) is 1. The van der Waals surface area contributed by atoms with E-state index < -0.39 is 6.10 Å². The van der Waals surface area contributed by atoms with Crippen molar-refractivity contribution in [1.82, 2.24) is 0 Å². The molecule has 2 aromatic carbocycles. The van der Waals surface area contributed by atoms with Crippen LogP contribution in [-0.4, -0.2) is 17.7 Å². The molecule has 1 atom stereocenters. The third kappa shape index (κ3) is 2.97. The highest BCUT2D eigenvalue weighted by Gasteiger charge is 2.29. The van der Waals surface area contributed by atoms with Crippen molar-refractivity contribution in [2.45, 2.75) is 19.4 Å². The minimum atomic E-state index is -0.617. The molecule has 5 heteroatoms. The van der Waals surface area contributed by atoms with E-state index in [1.54, 1.807) is 12.1 Å². The molecule has 0 aliphatic carbocycles. The molecular weight excluding hydrogens is 300 g/mol. The molecule has 1 heterocycles. The zero-order chi connectivity index (χ0) is 15.5. The zero-order valence-corrected chi connectivity index (χ0v) is 12.8. The average Bonchev–Trinajstić information content (AvgIpc) is 3.03. The fourth-order valence-electron chi connectivity index (χ4n) is 2.28. The summed E-state index contributed by atoms with van der Waals surface area (Å²) in [5, 5.41) is 7.48. The van der Waals surface area contributed by atoms with E-state index in [-0.39, 0.29) is 5.91 Å². The van der Waals surface area contributed by atoms with Gasteiger partial charge in [0, 0.05) is 17.1 Å². The Morgan fingerprint density at radius 2 is 2.00 bits per heavy atom. The van der Waals surface area contributed by atoms with E-state index in [1.165, 1.54) is 0 Å². The molecule has 0 unspecified atom stereocenters. The first-order valence-corrected chi connectivity index (χ1v) is 7.37. The maximum Gasteiger partial charge on any atom is 0.268 e. The summed E-state index contributed by atoms with van der Waals surface area (Å²) in [4.78, 5) is 17.6. The lowest BCUT2D eigenvalue weighted by Gasteiger charge is -2.12. The van der Waals surface area contributed by atoms with Gasteiger partial charge in [0.05, 0.1) is 5.71 Å². The summed E-state index contributed by atoms with van der Waals surface area (Å²) in [7, 11) is 0. The number of anilines is 1. The number of oxime groups is 1. The predicted molar refractivity (Wildman–Crippen MR) is 87.3 cm³/mol. The maximum absolute atomic E-state index is 12.3. The van der Waals surface area contributed by atoms with Crippen LogP contribution in [0.1, 0.15) is 17.5 Å². The van der Waals surface area contributed by atoms with Gasteiger partial charge >= 0.3 is 0 Å². The SMILES string of the molecule is Cc1c(Cl)cccc1NC(=O)[C@@H]1CC(c2ccccc2)=NO1. The van der Waals surface area contributed by atoms with Crippen molar-refractivity contribution in [2.75, 3.05) is 5.32 Å². The second-order valence-corrected chi connectivity index (χ2v) is 5.51. The van der Waals surface area contributed by atoms with Crippen molar-refractivity contribution in [3.63, 3.8) is 0 Å². The molecule has 4 nitrogen and oxygen atoms in total. The number of benzene rings is 2. The van der Waals surface area contributed by atoms with Crippen molar-refractivity contribution in [3.05, 3.63) is 64.7 Å². The summed E-state index contributed by atoms with van der Waals surface area (Å²) in [5.41, 5.74) is 3.27. The van der Waals surface area contributed by atoms with Crippen LogP contribution >= 0.6 is 11.6 Å². The largest absolute Gasteiger partial charge is 0.382 e. The Morgan fingerprint density at radius 1 is 1.23 bits per heavy atom. The molecule has 1 N–H and O–H groups in total. The molecule has 22 heavy (non-hydrogen) atoms. The second-order valence-electron chi connectivity index (χ2n) is 5.10. The fraction of sp³-hybridized carbons (Fsp3) is 0.176. The molecule has 0 aromatic heterocycles. The van der Waals surface area contributed by atoms with E-state index in [1.807, 2.05) is 43.3 Å². The van der Waals surface area contributed by atoms with Crippen LogP contribution in [0.4, 0.5) is 5.69 Å². The van der Waals surface area contributed by atoms with Crippen molar-refractivity contribution >= 4 is 28.9 Å². The van der Waals surface area contributed by atoms with Crippen LogP contribution in [0.2, 0.25) is 5.02 Å². The quantitative estimate of drug-likeness (QED) is 0.937. The lowest BCUT2D eigenvalue weighted by atomic mass is 10.0. The van der Waals surface area contributed by atoms with Gasteiger partial charge in [0.2, 0.25) is 6.10 Å². The molecule has 0 saturated heterocycles. The third-order valence-electron chi connectivity index (χ3n) is 3.59. The van der Waals surface area contributed by atoms with E-state index >= 15 is 0 Å². The molecule has 0 fully saturated rings. The van der Waals surface area contributed by atoms with Gasteiger partial charge in [0.1, 0.15) is 0 Å². The van der Waals surface area contributed by atoms with Crippen LogP contribution in [0.3, 0.4) is 0 Å². The Bertz CT molecular complexity index is 729. The standard InChI is InChI=1S/C17H15ClN2O2/c1-11-13(18)8-5-9-14(11)19-17(21)16-10-15(20-22-16)12-6-3-2-4-7-12/h2-9,16H,10H2,1H3,(H,19,21)/t16-/m0/s1. The Hall–Kier alpha value is -2.33. The summed E-state index contributed by atoms with van der Waals surface area (Å²) in [5.74, 6) is -0.222. The van der Waals surface area contributed by atoms with E-state index in [0.29, 0.717) is 17.1 Å². The van der Waals surface area contributed by atoms with Crippen LogP contribution in [-0.2, 0) is 9.63 Å². The van der Waals surface area contributed by atoms with Gasteiger partial charge in [0.15, 0.2) is 0 Å². The van der Waals surface area contributed by atoms with Gasteiger partial charge in [-0.25, -0.2) is 0 Å². The van der Waals surface area contributed by atoms with Gasteiger partial charge in [-0.05, 0) is 30.2 Å². The zero-order valence-electron chi connectivity index (χ0n) is 12.0. The number of hydrogen-bond donors (Lipinski definition) is 1. The highest BCUT2D eigenvalue weighted by molar-refractivity contribution is 6.31. The Labute approximate surface area is 133 Å². The molecule has 2 aromatic rings. The van der Waals surface area contributed by atoms with Crippen molar-refractivity contribution in [1.29, 1.82) is 0 Å². The Morgan fingerprint density at radius 3 is 2.77 bits per heavy atom. The van der Waals surface area contributed by atoms with Crippen LogP contribution < -0.4 is 5.32 Å². The number of amides is 1. The Kier molecular flexibility index (Phi) is 4.11. The van der Waals surface area contributed by atoms with E-state index in [0.717, 1.165) is 16.8 Å². The van der Waals surface area contributed by atoms with Crippen molar-refractivity contribution < 1.29 is 9.63 Å². The first-order chi connectivity index (χ1) is 10.6. The molecule has 1 aliphatic rings. The average molecular weight is 315 g/mol. The monoisotopic (exact) mass is 314 g/mol. The molecule has 1 amide bonds. The van der Waals surface area contributed by atoms with E-state index in [2.05, 4.69) is 10.5 Å². The van der Waals surface area contributed by atoms with Crippen LogP contribution in [0.15, 0.2) is 53.7 Å². The number of carbonyl (C=O) groups is 1. The van der Waals surface area contributed by atoms with Crippen LogP contribution in [0, 0.1) is 6.92 Å². The summed E-state index contributed by atoms with van der Waals surface area (Å²) in [6.07, 6.45) is -0.163. The molecule has 0 saturated carbocycles. The predicted octanol–water partition coefficient (Wildman–Crippen LogP) is 3.78. The second kappa shape index (κ2) is 6.20. The topological polar surface area (TPSA) is 50.7 Å². The molecule has 1 aliphatic heterocycles. The lowest BCUT2D eigenvalue weighted by molar-refractivity contribution is -0.125. The normalized spacial score (nSPS) is 16.8. The number of halogens is 1. The molecular formula is C17H15ClN2O2. The van der Waals surface area contributed by atoms with Gasteiger partial charge in [-0.3, -0.25) is 4.79 Å². The first kappa shape index (κ1) is 14.6. The lowest BCUT2D eigenvalue weighted by Crippen LogP contribution is -2.28. The first-order valence-electron chi connectivity index (χ1n) is 6.99. The van der Waals surface area contributed by atoms with Crippen molar-refractivity contribution in [3.8, 4) is 0 Å². The Balaban J connectivity index is 1.67. The molecule has 0 bridgehead atoms. The maximum atomic E-state index is 12.3. The van der Waals surface area contributed by atoms with Gasteiger partial charge in [-0.15, -0.1) is 0 Å². The van der Waals surface area contributed by atoms with Crippen LogP contribution in [0.25, 0.3) is 0 Å². The van der Waals surface area contributed by atoms with Gasteiger partial charge in [0.25, 0.3) is 5.91 Å². The number of hydrogen-bond acceptors (Lipinski definition) is 3. The van der Waals surface area contributed by atoms with Gasteiger partial charge in [-0.1, -0.05) is 53.2 Å². The summed E-state index contributed by atoms with van der Waals surface area (Å²) in [6.45, 7) is 1.86. The number of carbonyl (C=O) groups excluding carboxylic acids is 1. The number of nitrogens with one attached hydrogen (secondary N) is 1. The van der Waals surface area contributed by atoms with E-state index in [9.17, 15) is 4.79 Å². The van der Waals surface area contributed by atoms with Crippen LogP contribution in [0.5, 0.6) is 0 Å². The van der Waals surface area contributed by atoms with Gasteiger partial charge < -0.3 is 10.2 Å². The van der Waals surface area contributed by atoms with Gasteiger partial charge in [-0.2, -0.15) is 0 Å². The summed E-state index contributed by atoms with van der Waals surface area (Å²) >= 11 is 6.05. The minimum absolute atomic E-state index is 0.222. The van der Waals surface area contributed by atoms with Crippen molar-refractivity contribution in [2.24, 2.45) is 5.16 Å². The molecule has 3 rings (SSSR count). The summed E-state index contributed by atoms with van der Waals surface area (Å²) in [6, 6.07) is 15.1. The highest BCUT2D eigenvalue weighted by Crippen LogP contribution is 2.24. The minimum Gasteiger partial charge on any atom is -0.382 e. The highest BCUT2D eigenvalue weighted by atomic mass is 35.5. The van der Waals surface area contributed by atoms with E-state index in [4.69, 9.17) is 16.4 Å². The summed E-state index contributed by atoms with van der Waals surface area (Å²) < 4.78 is 0. The molecule has 0 spiro atoms. The number of rotatable bonds is 3. The molecule has 112 valence electrons. The fourth-order valence-corrected chi connectivity index (χ4v) is 2.45. The molecule has 0 radical (unpaired) electrons. The smallest absolute Gasteiger partial charge is 0.268 e. The third-order valence-corrected chi connectivity index (χ3v) is 4.00.